The number of fused-ring (bicyclic) bond motifs is 1. The molecule has 0 saturated carbocycles. The first-order valence-corrected chi connectivity index (χ1v) is 8.81. The second kappa shape index (κ2) is 6.65. The summed E-state index contributed by atoms with van der Waals surface area (Å²) in [6, 6.07) is 16.2. The van der Waals surface area contributed by atoms with Gasteiger partial charge in [0, 0.05) is 18.4 Å². The molecule has 3 heterocycles. The van der Waals surface area contributed by atoms with Gasteiger partial charge in [-0.1, -0.05) is 12.1 Å². The monoisotopic (exact) mass is 356 g/mol. The van der Waals surface area contributed by atoms with E-state index in [2.05, 4.69) is 35.5 Å². The summed E-state index contributed by atoms with van der Waals surface area (Å²) in [5, 5.41) is 9.77. The molecule has 0 amide bonds. The number of hydrogen-bond donors (Lipinski definition) is 0. The van der Waals surface area contributed by atoms with Crippen molar-refractivity contribution in [2.75, 3.05) is 0 Å². The fourth-order valence-electron chi connectivity index (χ4n) is 3.46. The fourth-order valence-corrected chi connectivity index (χ4v) is 3.46. The van der Waals surface area contributed by atoms with Gasteiger partial charge in [-0.2, -0.15) is 5.26 Å². The predicted molar refractivity (Wildman–Crippen MR) is 106 cm³/mol. The number of imidazole rings is 1. The van der Waals surface area contributed by atoms with E-state index in [4.69, 9.17) is 4.42 Å². The van der Waals surface area contributed by atoms with Crippen molar-refractivity contribution >= 4 is 22.7 Å². The third-order valence-electron chi connectivity index (χ3n) is 4.96. The van der Waals surface area contributed by atoms with Crippen LogP contribution in [0.4, 0.5) is 0 Å². The van der Waals surface area contributed by atoms with Gasteiger partial charge >= 0.3 is 0 Å². The zero-order valence-electron chi connectivity index (χ0n) is 15.6. The number of rotatable bonds is 4. The first-order valence-electron chi connectivity index (χ1n) is 8.81. The molecule has 0 aliphatic rings. The molecular formula is C22H20N4O. The summed E-state index contributed by atoms with van der Waals surface area (Å²) in [6.45, 7) is 4.80. The van der Waals surface area contributed by atoms with Gasteiger partial charge in [-0.3, -0.25) is 0 Å². The number of nitriles is 1. The summed E-state index contributed by atoms with van der Waals surface area (Å²) in [6.07, 6.45) is 3.60. The molecule has 5 nitrogen and oxygen atoms in total. The Bertz CT molecular complexity index is 1180. The van der Waals surface area contributed by atoms with Crippen LogP contribution >= 0.6 is 0 Å². The van der Waals surface area contributed by atoms with Crippen molar-refractivity contribution in [1.29, 1.82) is 5.26 Å². The zero-order valence-corrected chi connectivity index (χ0v) is 15.6. The SMILES string of the molecule is Cc1cc(/C=C(/C#N)c2nc3ccccc3n2C)c(C)n1Cc1ccco1. The standard InChI is InChI=1S/C22H20N4O/c1-15-11-17(16(2)26(15)14-19-7-6-10-27-19)12-18(13-23)22-24-20-8-4-5-9-21(20)25(22)3/h4-12H,14H2,1-3H3/b18-12-. The van der Waals surface area contributed by atoms with Gasteiger partial charge in [0.2, 0.25) is 0 Å². The first kappa shape index (κ1) is 16.9. The van der Waals surface area contributed by atoms with Crippen LogP contribution in [0.1, 0.15) is 28.5 Å². The normalized spacial score (nSPS) is 11.9. The molecule has 4 aromatic rings. The molecule has 27 heavy (non-hydrogen) atoms. The summed E-state index contributed by atoms with van der Waals surface area (Å²) in [7, 11) is 1.94. The zero-order chi connectivity index (χ0) is 19.0. The van der Waals surface area contributed by atoms with Crippen molar-refractivity contribution in [1.82, 2.24) is 14.1 Å². The van der Waals surface area contributed by atoms with Gasteiger partial charge in [-0.15, -0.1) is 0 Å². The summed E-state index contributed by atoms with van der Waals surface area (Å²) >= 11 is 0. The van der Waals surface area contributed by atoms with E-state index < -0.39 is 0 Å². The number of nitrogens with zero attached hydrogens (tertiary/aromatic N) is 4. The number of para-hydroxylation sites is 2. The van der Waals surface area contributed by atoms with Crippen molar-refractivity contribution in [3.05, 3.63) is 77.3 Å². The Hall–Kier alpha value is -3.52. The van der Waals surface area contributed by atoms with Crippen molar-refractivity contribution in [3.63, 3.8) is 0 Å². The minimum Gasteiger partial charge on any atom is -0.467 e. The van der Waals surface area contributed by atoms with Gasteiger partial charge in [-0.25, -0.2) is 4.98 Å². The molecule has 5 heteroatoms. The number of allylic oxidation sites excluding steroid dienone is 1. The minimum atomic E-state index is 0.548. The van der Waals surface area contributed by atoms with E-state index in [-0.39, 0.29) is 0 Å². The largest absolute Gasteiger partial charge is 0.467 e. The van der Waals surface area contributed by atoms with E-state index in [1.54, 1.807) is 6.26 Å². The van der Waals surface area contributed by atoms with Gasteiger partial charge in [0.1, 0.15) is 11.8 Å². The van der Waals surface area contributed by atoms with Crippen LogP contribution in [-0.2, 0) is 13.6 Å². The maximum atomic E-state index is 9.77. The molecule has 1 aromatic carbocycles. The molecule has 0 atom stereocenters. The molecule has 0 fully saturated rings. The van der Waals surface area contributed by atoms with E-state index in [0.29, 0.717) is 17.9 Å². The third-order valence-corrected chi connectivity index (χ3v) is 4.96. The third kappa shape index (κ3) is 2.96. The lowest BCUT2D eigenvalue weighted by atomic mass is 10.1. The molecule has 0 N–H and O–H groups in total. The van der Waals surface area contributed by atoms with Crippen LogP contribution < -0.4 is 0 Å². The molecule has 0 aliphatic heterocycles. The fraction of sp³-hybridized carbons (Fsp3) is 0.182. The second-order valence-corrected chi connectivity index (χ2v) is 6.64. The Morgan fingerprint density at radius 3 is 2.74 bits per heavy atom. The van der Waals surface area contributed by atoms with Crippen LogP contribution in [0.3, 0.4) is 0 Å². The Morgan fingerprint density at radius 2 is 2.04 bits per heavy atom. The molecule has 0 unspecified atom stereocenters. The first-order chi connectivity index (χ1) is 13.1. The Kier molecular flexibility index (Phi) is 4.17. The summed E-state index contributed by atoms with van der Waals surface area (Å²) < 4.78 is 9.63. The Morgan fingerprint density at radius 1 is 1.22 bits per heavy atom. The quantitative estimate of drug-likeness (QED) is 0.498. The number of aromatic nitrogens is 3. The van der Waals surface area contributed by atoms with E-state index in [1.165, 1.54) is 0 Å². The van der Waals surface area contributed by atoms with Gasteiger partial charge in [-0.05, 0) is 55.8 Å². The Balaban J connectivity index is 1.77. The Labute approximate surface area is 157 Å². The van der Waals surface area contributed by atoms with Crippen molar-refractivity contribution in [2.24, 2.45) is 7.05 Å². The van der Waals surface area contributed by atoms with Crippen LogP contribution in [0.15, 0.2) is 53.1 Å². The number of furan rings is 1. The molecule has 134 valence electrons. The molecule has 0 aliphatic carbocycles. The molecule has 0 bridgehead atoms. The molecule has 0 spiro atoms. The van der Waals surface area contributed by atoms with E-state index >= 15 is 0 Å². The van der Waals surface area contributed by atoms with Crippen molar-refractivity contribution in [2.45, 2.75) is 20.4 Å². The molecular weight excluding hydrogens is 336 g/mol. The van der Waals surface area contributed by atoms with Gasteiger partial charge in [0.15, 0.2) is 5.82 Å². The smallest absolute Gasteiger partial charge is 0.151 e. The highest BCUT2D eigenvalue weighted by Gasteiger charge is 2.14. The highest BCUT2D eigenvalue weighted by Crippen LogP contribution is 2.25. The predicted octanol–water partition coefficient (Wildman–Crippen LogP) is 4.70. The average Bonchev–Trinajstić information content (AvgIpc) is 3.36. The maximum Gasteiger partial charge on any atom is 0.151 e. The number of benzene rings is 1. The van der Waals surface area contributed by atoms with E-state index in [9.17, 15) is 5.26 Å². The van der Waals surface area contributed by atoms with Crippen molar-refractivity contribution in [3.8, 4) is 6.07 Å². The van der Waals surface area contributed by atoms with E-state index in [0.717, 1.165) is 33.7 Å². The lowest BCUT2D eigenvalue weighted by molar-refractivity contribution is 0.489. The minimum absolute atomic E-state index is 0.548. The van der Waals surface area contributed by atoms with Crippen LogP contribution in [-0.4, -0.2) is 14.1 Å². The topological polar surface area (TPSA) is 59.7 Å². The van der Waals surface area contributed by atoms with Crippen LogP contribution in [0.5, 0.6) is 0 Å². The summed E-state index contributed by atoms with van der Waals surface area (Å²) in [4.78, 5) is 4.65. The van der Waals surface area contributed by atoms with Crippen LogP contribution in [0.25, 0.3) is 22.7 Å². The molecule has 4 rings (SSSR count). The summed E-state index contributed by atoms with van der Waals surface area (Å²) in [5.74, 6) is 1.58. The van der Waals surface area contributed by atoms with Crippen LogP contribution in [0, 0.1) is 25.2 Å². The lowest BCUT2D eigenvalue weighted by Gasteiger charge is -2.07. The second-order valence-electron chi connectivity index (χ2n) is 6.64. The highest BCUT2D eigenvalue weighted by molar-refractivity contribution is 5.91. The number of aryl methyl sites for hydroxylation is 2. The van der Waals surface area contributed by atoms with Gasteiger partial charge in [0.25, 0.3) is 0 Å². The number of hydrogen-bond acceptors (Lipinski definition) is 3. The van der Waals surface area contributed by atoms with E-state index in [1.807, 2.05) is 54.1 Å². The maximum absolute atomic E-state index is 9.77. The van der Waals surface area contributed by atoms with Gasteiger partial charge < -0.3 is 13.6 Å². The molecule has 0 saturated heterocycles. The summed E-state index contributed by atoms with van der Waals surface area (Å²) in [5.41, 5.74) is 5.68. The molecule has 0 radical (unpaired) electrons. The van der Waals surface area contributed by atoms with Crippen LogP contribution in [0.2, 0.25) is 0 Å². The lowest BCUT2D eigenvalue weighted by Crippen LogP contribution is -2.03. The van der Waals surface area contributed by atoms with Crippen molar-refractivity contribution < 1.29 is 4.42 Å². The highest BCUT2D eigenvalue weighted by atomic mass is 16.3. The van der Waals surface area contributed by atoms with Gasteiger partial charge in [0.05, 0.1) is 29.4 Å². The molecule has 3 aromatic heterocycles. The average molecular weight is 356 g/mol.